The van der Waals surface area contributed by atoms with Crippen molar-refractivity contribution in [1.82, 2.24) is 9.80 Å². The molecule has 0 saturated heterocycles. The second kappa shape index (κ2) is 4.03. The van der Waals surface area contributed by atoms with Crippen LogP contribution in [0.2, 0.25) is 0 Å². The zero-order valence-corrected chi connectivity index (χ0v) is 9.59. The van der Waals surface area contributed by atoms with Gasteiger partial charge in [-0.25, -0.2) is 0 Å². The molecule has 76 valence electrons. The van der Waals surface area contributed by atoms with Crippen LogP contribution in [0.4, 0.5) is 0 Å². The number of rotatable bonds is 3. The summed E-state index contributed by atoms with van der Waals surface area (Å²) in [4.78, 5) is 4.93. The van der Waals surface area contributed by atoms with E-state index in [4.69, 9.17) is 0 Å². The van der Waals surface area contributed by atoms with Crippen molar-refractivity contribution in [3.8, 4) is 0 Å². The summed E-state index contributed by atoms with van der Waals surface area (Å²) in [5, 5.41) is 0. The van der Waals surface area contributed by atoms with Gasteiger partial charge in [-0.05, 0) is 26.7 Å². The van der Waals surface area contributed by atoms with Crippen molar-refractivity contribution in [2.45, 2.75) is 46.7 Å². The zero-order chi connectivity index (χ0) is 10.0. The van der Waals surface area contributed by atoms with E-state index in [2.05, 4.69) is 44.5 Å². The molecule has 2 heteroatoms. The van der Waals surface area contributed by atoms with Crippen LogP contribution in [0.5, 0.6) is 0 Å². The molecule has 0 aromatic heterocycles. The molecule has 0 amide bonds. The topological polar surface area (TPSA) is 6.48 Å². The first kappa shape index (κ1) is 10.4. The molecule has 0 aliphatic carbocycles. The Morgan fingerprint density at radius 2 is 1.85 bits per heavy atom. The number of hydrogen-bond acceptors (Lipinski definition) is 2. The maximum Gasteiger partial charge on any atom is 0.100 e. The van der Waals surface area contributed by atoms with Gasteiger partial charge in [0.05, 0.1) is 0 Å². The first-order valence-corrected chi connectivity index (χ1v) is 5.36. The monoisotopic (exact) mass is 182 g/mol. The quantitative estimate of drug-likeness (QED) is 0.662. The molecule has 0 N–H and O–H groups in total. The fourth-order valence-corrected chi connectivity index (χ4v) is 2.38. The summed E-state index contributed by atoms with van der Waals surface area (Å²) in [6.07, 6.45) is 2.95. The molecule has 1 heterocycles. The predicted octanol–water partition coefficient (Wildman–Crippen LogP) is 2.63. The van der Waals surface area contributed by atoms with Crippen LogP contribution in [-0.2, 0) is 0 Å². The van der Waals surface area contributed by atoms with Crippen molar-refractivity contribution in [2.75, 3.05) is 13.6 Å². The van der Waals surface area contributed by atoms with Crippen LogP contribution < -0.4 is 0 Å². The van der Waals surface area contributed by atoms with Gasteiger partial charge >= 0.3 is 0 Å². The van der Waals surface area contributed by atoms with Crippen molar-refractivity contribution in [1.29, 1.82) is 0 Å². The Morgan fingerprint density at radius 3 is 2.23 bits per heavy atom. The van der Waals surface area contributed by atoms with E-state index in [1.807, 2.05) is 0 Å². The maximum absolute atomic E-state index is 2.52. The second-order valence-electron chi connectivity index (χ2n) is 3.67. The second-order valence-corrected chi connectivity index (χ2v) is 3.67. The molecule has 2 nitrogen and oxygen atoms in total. The van der Waals surface area contributed by atoms with Crippen LogP contribution in [0.3, 0.4) is 0 Å². The largest absolute Gasteiger partial charge is 0.356 e. The van der Waals surface area contributed by atoms with Gasteiger partial charge in [-0.3, -0.25) is 0 Å². The molecule has 0 aromatic carbocycles. The molecular formula is C11H22N2. The van der Waals surface area contributed by atoms with Gasteiger partial charge in [-0.1, -0.05) is 13.8 Å². The summed E-state index contributed by atoms with van der Waals surface area (Å²) in [7, 11) is 2.20. The molecule has 1 aliphatic heterocycles. The zero-order valence-electron chi connectivity index (χ0n) is 9.59. The Balaban J connectivity index is 2.90. The highest BCUT2D eigenvalue weighted by Gasteiger charge is 2.29. The number of hydrogen-bond donors (Lipinski definition) is 0. The van der Waals surface area contributed by atoms with Crippen LogP contribution in [-0.4, -0.2) is 29.6 Å². The van der Waals surface area contributed by atoms with Crippen molar-refractivity contribution in [2.24, 2.45) is 0 Å². The van der Waals surface area contributed by atoms with Crippen molar-refractivity contribution >= 4 is 0 Å². The molecule has 0 radical (unpaired) electrons. The van der Waals surface area contributed by atoms with Gasteiger partial charge < -0.3 is 9.80 Å². The smallest absolute Gasteiger partial charge is 0.100 e. The fourth-order valence-electron chi connectivity index (χ4n) is 2.38. The van der Waals surface area contributed by atoms with Gasteiger partial charge in [0, 0.05) is 25.0 Å². The van der Waals surface area contributed by atoms with Crippen LogP contribution in [0, 0.1) is 0 Å². The molecule has 0 fully saturated rings. The lowest BCUT2D eigenvalue weighted by Crippen LogP contribution is -2.37. The molecule has 1 unspecified atom stereocenters. The van der Waals surface area contributed by atoms with Crippen LogP contribution in [0.25, 0.3) is 0 Å². The lowest BCUT2D eigenvalue weighted by Gasteiger charge is -2.31. The van der Waals surface area contributed by atoms with E-state index >= 15 is 0 Å². The standard InChI is InChI=1S/C11H22N2/c1-6-10-9(4)12(5)11(7-2)13(10)8-3/h11H,6-8H2,1-5H3. The van der Waals surface area contributed by atoms with E-state index < -0.39 is 0 Å². The predicted molar refractivity (Wildman–Crippen MR) is 57.2 cm³/mol. The average molecular weight is 182 g/mol. The Labute approximate surface area is 82.2 Å². The summed E-state index contributed by atoms with van der Waals surface area (Å²) < 4.78 is 0. The first-order chi connectivity index (χ1) is 6.17. The maximum atomic E-state index is 2.52. The Hall–Kier alpha value is -0.660. The number of allylic oxidation sites excluding steroid dienone is 2. The molecule has 0 saturated carbocycles. The molecule has 0 spiro atoms. The van der Waals surface area contributed by atoms with Crippen LogP contribution in [0.15, 0.2) is 11.4 Å². The molecule has 0 aromatic rings. The highest BCUT2D eigenvalue weighted by molar-refractivity contribution is 5.17. The van der Waals surface area contributed by atoms with Crippen molar-refractivity contribution in [3.05, 3.63) is 11.4 Å². The lowest BCUT2D eigenvalue weighted by molar-refractivity contribution is 0.160. The van der Waals surface area contributed by atoms with Gasteiger partial charge in [-0.2, -0.15) is 0 Å². The van der Waals surface area contributed by atoms with Crippen LogP contribution in [0.1, 0.15) is 40.5 Å². The third-order valence-electron chi connectivity index (χ3n) is 3.14. The highest BCUT2D eigenvalue weighted by atomic mass is 15.4. The molecule has 1 aliphatic rings. The van der Waals surface area contributed by atoms with Gasteiger partial charge in [0.25, 0.3) is 0 Å². The first-order valence-electron chi connectivity index (χ1n) is 5.36. The summed E-state index contributed by atoms with van der Waals surface area (Å²) >= 11 is 0. The van der Waals surface area contributed by atoms with E-state index in [1.54, 1.807) is 0 Å². The van der Waals surface area contributed by atoms with Crippen molar-refractivity contribution < 1.29 is 0 Å². The lowest BCUT2D eigenvalue weighted by atomic mass is 10.2. The number of nitrogens with zero attached hydrogens (tertiary/aromatic N) is 2. The molecule has 13 heavy (non-hydrogen) atoms. The SMILES string of the molecule is CCC1=C(C)N(C)C(CC)N1CC. The average Bonchev–Trinajstić information content (AvgIpc) is 2.38. The molecule has 1 atom stereocenters. The summed E-state index contributed by atoms with van der Waals surface area (Å²) in [5.74, 6) is 0. The Bertz CT molecular complexity index is 208. The van der Waals surface area contributed by atoms with Gasteiger partial charge in [0.2, 0.25) is 0 Å². The molecule has 0 bridgehead atoms. The summed E-state index contributed by atoms with van der Waals surface area (Å²) in [5.41, 5.74) is 2.98. The minimum absolute atomic E-state index is 0.597. The summed E-state index contributed by atoms with van der Waals surface area (Å²) in [6.45, 7) is 10.1. The van der Waals surface area contributed by atoms with E-state index in [0.717, 1.165) is 13.0 Å². The van der Waals surface area contributed by atoms with Gasteiger partial charge in [0.1, 0.15) is 6.17 Å². The van der Waals surface area contributed by atoms with Crippen LogP contribution >= 0.6 is 0 Å². The van der Waals surface area contributed by atoms with Gasteiger partial charge in [0.15, 0.2) is 0 Å². The van der Waals surface area contributed by atoms with E-state index in [9.17, 15) is 0 Å². The normalized spacial score (nSPS) is 23.3. The summed E-state index contributed by atoms with van der Waals surface area (Å²) in [6, 6.07) is 0. The van der Waals surface area contributed by atoms with E-state index in [-0.39, 0.29) is 0 Å². The van der Waals surface area contributed by atoms with E-state index in [1.165, 1.54) is 17.8 Å². The highest BCUT2D eigenvalue weighted by Crippen LogP contribution is 2.30. The minimum atomic E-state index is 0.597. The molecular weight excluding hydrogens is 160 g/mol. The minimum Gasteiger partial charge on any atom is -0.356 e. The van der Waals surface area contributed by atoms with Gasteiger partial charge in [-0.15, -0.1) is 0 Å². The Morgan fingerprint density at radius 1 is 1.23 bits per heavy atom. The molecule has 1 rings (SSSR count). The fraction of sp³-hybridized carbons (Fsp3) is 0.818. The Kier molecular flexibility index (Phi) is 3.23. The van der Waals surface area contributed by atoms with E-state index in [0.29, 0.717) is 6.17 Å². The third kappa shape index (κ3) is 1.54. The van der Waals surface area contributed by atoms with Crippen molar-refractivity contribution in [3.63, 3.8) is 0 Å². The third-order valence-corrected chi connectivity index (χ3v) is 3.14.